The molecule has 1 saturated carbocycles. The molecule has 1 aliphatic heterocycles. The van der Waals surface area contributed by atoms with Crippen molar-refractivity contribution in [2.24, 2.45) is 0 Å². The Morgan fingerprint density at radius 1 is 1.00 bits per heavy atom. The molecule has 1 aromatic carbocycles. The van der Waals surface area contributed by atoms with Crippen LogP contribution in [0.4, 0.5) is 23.0 Å². The molecule has 10 heteroatoms. The van der Waals surface area contributed by atoms with Gasteiger partial charge in [-0.2, -0.15) is 5.10 Å². The first kappa shape index (κ1) is 22.1. The third kappa shape index (κ3) is 4.50. The number of nitrogens with zero attached hydrogens (tertiary/aromatic N) is 4. The standard InChI is InChI=1S/C25H29N7O2S/c1-15-26-24-20(28-19-10-9-17(16-7-8-16)12-21(19)35(2,33)34)14-22(30-25(24)27-15)29-23-13-18-6-4-3-5-11-32(18)31-23/h9-10,12-14,16H,3-8,11H2,1-2H3,(H3,26,27,28,29,30,31). The molecule has 3 aromatic heterocycles. The van der Waals surface area contributed by atoms with Crippen LogP contribution in [0.3, 0.4) is 0 Å². The number of aromatic nitrogens is 5. The Kier molecular flexibility index (Phi) is 5.28. The fourth-order valence-electron chi connectivity index (χ4n) is 4.82. The largest absolute Gasteiger partial charge is 0.352 e. The smallest absolute Gasteiger partial charge is 0.177 e. The van der Waals surface area contributed by atoms with Gasteiger partial charge >= 0.3 is 0 Å². The van der Waals surface area contributed by atoms with Crippen LogP contribution in [0.15, 0.2) is 35.2 Å². The molecule has 0 atom stereocenters. The number of fused-ring (bicyclic) bond motifs is 2. The normalized spacial score (nSPS) is 16.2. The summed E-state index contributed by atoms with van der Waals surface area (Å²) in [7, 11) is -3.43. The second-order valence-electron chi connectivity index (χ2n) is 9.68. The Morgan fingerprint density at radius 2 is 1.86 bits per heavy atom. The lowest BCUT2D eigenvalue weighted by atomic mass is 10.1. The van der Waals surface area contributed by atoms with Crippen LogP contribution in [0, 0.1) is 6.92 Å². The van der Waals surface area contributed by atoms with Crippen molar-refractivity contribution in [1.82, 2.24) is 24.7 Å². The molecule has 1 aliphatic carbocycles. The van der Waals surface area contributed by atoms with Gasteiger partial charge in [0, 0.05) is 30.6 Å². The minimum atomic E-state index is -3.43. The van der Waals surface area contributed by atoms with Gasteiger partial charge in [0.15, 0.2) is 21.3 Å². The summed E-state index contributed by atoms with van der Waals surface area (Å²) < 4.78 is 27.4. The van der Waals surface area contributed by atoms with Crippen molar-refractivity contribution in [1.29, 1.82) is 0 Å². The summed E-state index contributed by atoms with van der Waals surface area (Å²) in [6.07, 6.45) is 8.05. The number of aryl methyl sites for hydroxylation is 3. The summed E-state index contributed by atoms with van der Waals surface area (Å²) in [6, 6.07) is 9.62. The summed E-state index contributed by atoms with van der Waals surface area (Å²) in [6.45, 7) is 2.80. The zero-order valence-electron chi connectivity index (χ0n) is 19.9. The average Bonchev–Trinajstić information content (AvgIpc) is 3.53. The molecule has 6 rings (SSSR count). The Bertz CT molecular complexity index is 1510. The molecule has 9 nitrogen and oxygen atoms in total. The van der Waals surface area contributed by atoms with Gasteiger partial charge in [-0.25, -0.2) is 18.4 Å². The SMILES string of the molecule is Cc1nc2c(Nc3ccc(C4CC4)cc3S(C)(=O)=O)cc(Nc3cc4n(n3)CCCCC4)nc2[nH]1. The van der Waals surface area contributed by atoms with Crippen LogP contribution in [0.1, 0.15) is 55.1 Å². The molecular weight excluding hydrogens is 462 g/mol. The number of rotatable bonds is 6. The number of hydrogen-bond donors (Lipinski definition) is 3. The number of pyridine rings is 1. The fraction of sp³-hybridized carbons (Fsp3) is 0.400. The van der Waals surface area contributed by atoms with E-state index in [-0.39, 0.29) is 0 Å². The first-order chi connectivity index (χ1) is 16.8. The van der Waals surface area contributed by atoms with E-state index in [1.807, 2.05) is 25.1 Å². The van der Waals surface area contributed by atoms with Crippen LogP contribution < -0.4 is 10.6 Å². The first-order valence-electron chi connectivity index (χ1n) is 12.2. The molecule has 4 aromatic rings. The number of hydrogen-bond acceptors (Lipinski definition) is 7. The predicted molar refractivity (Wildman–Crippen MR) is 136 cm³/mol. The van der Waals surface area contributed by atoms with Gasteiger partial charge in [-0.1, -0.05) is 12.5 Å². The van der Waals surface area contributed by atoms with E-state index in [9.17, 15) is 8.42 Å². The van der Waals surface area contributed by atoms with Gasteiger partial charge in [-0.15, -0.1) is 0 Å². The molecule has 1 fully saturated rings. The molecule has 0 amide bonds. The summed E-state index contributed by atoms with van der Waals surface area (Å²) in [4.78, 5) is 12.8. The molecule has 0 saturated heterocycles. The van der Waals surface area contributed by atoms with Crippen molar-refractivity contribution < 1.29 is 8.42 Å². The number of benzene rings is 1. The Morgan fingerprint density at radius 3 is 2.66 bits per heavy atom. The van der Waals surface area contributed by atoms with Crippen LogP contribution in [0.25, 0.3) is 11.2 Å². The molecule has 35 heavy (non-hydrogen) atoms. The Balaban J connectivity index is 1.38. The minimum absolute atomic E-state index is 0.298. The Labute approximate surface area is 204 Å². The first-order valence-corrected chi connectivity index (χ1v) is 14.0. The maximum Gasteiger partial charge on any atom is 0.177 e. The van der Waals surface area contributed by atoms with E-state index in [0.717, 1.165) is 49.4 Å². The molecular formula is C25H29N7O2S. The highest BCUT2D eigenvalue weighted by Gasteiger charge is 2.26. The molecule has 0 unspecified atom stereocenters. The lowest BCUT2D eigenvalue weighted by Crippen LogP contribution is -2.05. The number of imidazole rings is 1. The van der Waals surface area contributed by atoms with Gasteiger partial charge in [0.25, 0.3) is 0 Å². The summed E-state index contributed by atoms with van der Waals surface area (Å²) in [5, 5.41) is 11.4. The molecule has 4 heterocycles. The lowest BCUT2D eigenvalue weighted by Gasteiger charge is -2.14. The van der Waals surface area contributed by atoms with Gasteiger partial charge in [-0.3, -0.25) is 4.68 Å². The second-order valence-corrected chi connectivity index (χ2v) is 11.7. The maximum atomic E-state index is 12.6. The van der Waals surface area contributed by atoms with Crippen molar-refractivity contribution in [3.05, 3.63) is 47.4 Å². The van der Waals surface area contributed by atoms with E-state index < -0.39 is 9.84 Å². The van der Waals surface area contributed by atoms with Crippen LogP contribution in [0.5, 0.6) is 0 Å². The van der Waals surface area contributed by atoms with Crippen molar-refractivity contribution in [2.45, 2.75) is 62.8 Å². The topological polar surface area (TPSA) is 118 Å². The lowest BCUT2D eigenvalue weighted by molar-refractivity contribution is 0.578. The summed E-state index contributed by atoms with van der Waals surface area (Å²) in [5.41, 5.74) is 4.78. The van der Waals surface area contributed by atoms with E-state index in [0.29, 0.717) is 39.2 Å². The Hall–Kier alpha value is -3.40. The zero-order valence-corrected chi connectivity index (χ0v) is 20.7. The van der Waals surface area contributed by atoms with Crippen LogP contribution in [-0.2, 0) is 22.8 Å². The van der Waals surface area contributed by atoms with Crippen molar-refractivity contribution >= 4 is 44.0 Å². The van der Waals surface area contributed by atoms with Crippen molar-refractivity contribution in [3.8, 4) is 0 Å². The van der Waals surface area contributed by atoms with E-state index in [4.69, 9.17) is 10.1 Å². The highest BCUT2D eigenvalue weighted by Crippen LogP contribution is 2.42. The van der Waals surface area contributed by atoms with Gasteiger partial charge in [0.2, 0.25) is 0 Å². The van der Waals surface area contributed by atoms with Gasteiger partial charge in [0.1, 0.15) is 17.2 Å². The third-order valence-electron chi connectivity index (χ3n) is 6.72. The van der Waals surface area contributed by atoms with Crippen LogP contribution >= 0.6 is 0 Å². The summed E-state index contributed by atoms with van der Waals surface area (Å²) in [5.74, 6) is 2.55. The van der Waals surface area contributed by atoms with Crippen molar-refractivity contribution in [2.75, 3.05) is 16.9 Å². The predicted octanol–water partition coefficient (Wildman–Crippen LogP) is 4.96. The fourth-order valence-corrected chi connectivity index (χ4v) is 5.69. The third-order valence-corrected chi connectivity index (χ3v) is 7.85. The van der Waals surface area contributed by atoms with Gasteiger partial charge in [0.05, 0.1) is 16.3 Å². The van der Waals surface area contributed by atoms with Crippen LogP contribution in [-0.4, -0.2) is 39.4 Å². The number of sulfone groups is 1. The number of aromatic amines is 1. The number of H-pyrrole nitrogens is 1. The van der Waals surface area contributed by atoms with Gasteiger partial charge < -0.3 is 15.6 Å². The molecule has 0 spiro atoms. The van der Waals surface area contributed by atoms with E-state index in [1.165, 1.54) is 24.8 Å². The van der Waals surface area contributed by atoms with Gasteiger partial charge in [-0.05, 0) is 62.6 Å². The monoisotopic (exact) mass is 491 g/mol. The van der Waals surface area contributed by atoms with Crippen molar-refractivity contribution in [3.63, 3.8) is 0 Å². The highest BCUT2D eigenvalue weighted by molar-refractivity contribution is 7.90. The molecule has 3 N–H and O–H groups in total. The molecule has 0 bridgehead atoms. The quantitative estimate of drug-likeness (QED) is 0.349. The molecule has 182 valence electrons. The maximum absolute atomic E-state index is 12.6. The second kappa shape index (κ2) is 8.37. The van der Waals surface area contributed by atoms with E-state index >= 15 is 0 Å². The highest BCUT2D eigenvalue weighted by atomic mass is 32.2. The van der Waals surface area contributed by atoms with E-state index in [1.54, 1.807) is 6.07 Å². The summed E-state index contributed by atoms with van der Waals surface area (Å²) >= 11 is 0. The van der Waals surface area contributed by atoms with Crippen LogP contribution in [0.2, 0.25) is 0 Å². The minimum Gasteiger partial charge on any atom is -0.352 e. The molecule has 2 aliphatic rings. The number of anilines is 4. The van der Waals surface area contributed by atoms with E-state index in [2.05, 4.69) is 31.3 Å². The number of nitrogens with one attached hydrogen (secondary N) is 3. The average molecular weight is 492 g/mol. The zero-order chi connectivity index (χ0) is 24.2. The molecule has 0 radical (unpaired) electrons.